The van der Waals surface area contributed by atoms with Crippen LogP contribution in [0.3, 0.4) is 0 Å². The van der Waals surface area contributed by atoms with E-state index in [2.05, 4.69) is 0 Å². The van der Waals surface area contributed by atoms with Crippen molar-refractivity contribution >= 4 is 12.1 Å². The van der Waals surface area contributed by atoms with Crippen LogP contribution in [0.2, 0.25) is 0 Å². The fraction of sp³-hybridized carbons (Fsp3) is 0.875. The molecule has 0 radical (unpaired) electrons. The van der Waals surface area contributed by atoms with E-state index in [1.807, 2.05) is 19.0 Å². The highest BCUT2D eigenvalue weighted by Gasteiger charge is 2.68. The van der Waals surface area contributed by atoms with E-state index >= 15 is 0 Å². The summed E-state index contributed by atoms with van der Waals surface area (Å²) in [5.74, 6) is -0.976. The van der Waals surface area contributed by atoms with Crippen molar-refractivity contribution in [3.05, 3.63) is 0 Å². The van der Waals surface area contributed by atoms with Gasteiger partial charge in [-0.05, 0) is 47.7 Å². The molecule has 0 spiro atoms. The Morgan fingerprint density at radius 2 is 1.96 bits per heavy atom. The van der Waals surface area contributed by atoms with Gasteiger partial charge < -0.3 is 19.5 Å². The van der Waals surface area contributed by atoms with Crippen LogP contribution in [0, 0.1) is 5.41 Å². The third-order valence-electron chi connectivity index (χ3n) is 4.38. The number of hydrogen-bond acceptors (Lipinski definition) is 5. The van der Waals surface area contributed by atoms with E-state index < -0.39 is 23.7 Å². The summed E-state index contributed by atoms with van der Waals surface area (Å²) in [6.07, 6.45) is 0.689. The molecular weight excluding hydrogens is 300 g/mol. The van der Waals surface area contributed by atoms with Crippen molar-refractivity contribution in [1.82, 2.24) is 9.80 Å². The predicted molar refractivity (Wildman–Crippen MR) is 84.3 cm³/mol. The number of likely N-dealkylation sites (N-methyl/N-ethyl adjacent to an activating group) is 1. The number of rotatable bonds is 6. The van der Waals surface area contributed by atoms with Crippen LogP contribution in [0.1, 0.15) is 33.6 Å². The molecule has 1 amide bonds. The Hall–Kier alpha value is -1.34. The van der Waals surface area contributed by atoms with Crippen molar-refractivity contribution in [1.29, 1.82) is 0 Å². The standard InChI is InChI=1S/C16H28N2O5/c1-15(2,3)23-14(21)18-11(13(19)20)8-16(9-12(16)18)10-22-7-6-17(4)5/h11-12H,6-10H2,1-5H3,(H,19,20). The molecule has 0 aromatic carbocycles. The number of carboxylic acids is 1. The van der Waals surface area contributed by atoms with Gasteiger partial charge in [0.1, 0.15) is 11.6 Å². The Kier molecular flexibility index (Phi) is 4.92. The minimum absolute atomic E-state index is 0.0854. The van der Waals surface area contributed by atoms with E-state index in [0.717, 1.165) is 13.0 Å². The molecule has 0 bridgehead atoms. The molecule has 23 heavy (non-hydrogen) atoms. The maximum Gasteiger partial charge on any atom is 0.411 e. The van der Waals surface area contributed by atoms with Crippen molar-refractivity contribution < 1.29 is 24.2 Å². The molecule has 1 N–H and O–H groups in total. The highest BCUT2D eigenvalue weighted by Crippen LogP contribution is 2.59. The summed E-state index contributed by atoms with van der Waals surface area (Å²) < 4.78 is 11.1. The first-order valence-electron chi connectivity index (χ1n) is 8.02. The van der Waals surface area contributed by atoms with E-state index in [1.165, 1.54) is 4.90 Å². The number of ether oxygens (including phenoxy) is 2. The number of aliphatic carboxylic acids is 1. The molecule has 2 aliphatic rings. The van der Waals surface area contributed by atoms with Gasteiger partial charge in [0.2, 0.25) is 0 Å². The smallest absolute Gasteiger partial charge is 0.411 e. The zero-order valence-electron chi connectivity index (χ0n) is 14.7. The van der Waals surface area contributed by atoms with Crippen molar-refractivity contribution in [2.45, 2.75) is 51.3 Å². The number of likely N-dealkylation sites (tertiary alicyclic amines) is 1. The van der Waals surface area contributed by atoms with Gasteiger partial charge in [0, 0.05) is 18.0 Å². The first-order valence-corrected chi connectivity index (χ1v) is 8.02. The minimum Gasteiger partial charge on any atom is -0.480 e. The summed E-state index contributed by atoms with van der Waals surface area (Å²) in [5.41, 5.74) is -0.852. The lowest BCUT2D eigenvalue weighted by atomic mass is 10.0. The normalized spacial score (nSPS) is 29.6. The summed E-state index contributed by atoms with van der Waals surface area (Å²) >= 11 is 0. The summed E-state index contributed by atoms with van der Waals surface area (Å²) in [5, 5.41) is 9.43. The van der Waals surface area contributed by atoms with E-state index in [0.29, 0.717) is 19.6 Å². The monoisotopic (exact) mass is 328 g/mol. The van der Waals surface area contributed by atoms with E-state index in [4.69, 9.17) is 9.47 Å². The van der Waals surface area contributed by atoms with Crippen LogP contribution < -0.4 is 0 Å². The highest BCUT2D eigenvalue weighted by atomic mass is 16.6. The van der Waals surface area contributed by atoms with Crippen molar-refractivity contribution in [2.75, 3.05) is 33.9 Å². The van der Waals surface area contributed by atoms with Crippen molar-refractivity contribution in [3.63, 3.8) is 0 Å². The quantitative estimate of drug-likeness (QED) is 0.743. The summed E-state index contributed by atoms with van der Waals surface area (Å²) in [6.45, 7) is 7.25. The molecule has 1 heterocycles. The molecule has 1 saturated carbocycles. The zero-order chi connectivity index (χ0) is 17.4. The molecule has 7 nitrogen and oxygen atoms in total. The molecule has 132 valence electrons. The molecular formula is C16H28N2O5. The molecule has 1 saturated heterocycles. The number of piperidine rings is 1. The number of nitrogens with zero attached hydrogens (tertiary/aromatic N) is 2. The SMILES string of the molecule is CN(C)CCOCC12CC(C(=O)O)N(C(=O)OC(C)(C)C)C1C2. The first kappa shape index (κ1) is 18.0. The van der Waals surface area contributed by atoms with E-state index in [-0.39, 0.29) is 11.5 Å². The first-order chi connectivity index (χ1) is 10.6. The Morgan fingerprint density at radius 3 is 2.48 bits per heavy atom. The van der Waals surface area contributed by atoms with Crippen LogP contribution in [0.4, 0.5) is 4.79 Å². The molecule has 0 aromatic heterocycles. The van der Waals surface area contributed by atoms with Gasteiger partial charge in [-0.2, -0.15) is 0 Å². The second-order valence-corrected chi connectivity index (χ2v) is 7.88. The highest BCUT2D eigenvalue weighted by molar-refractivity contribution is 5.82. The van der Waals surface area contributed by atoms with Crippen LogP contribution in [0.15, 0.2) is 0 Å². The number of carbonyl (C=O) groups excluding carboxylic acids is 1. The number of carbonyl (C=O) groups is 2. The summed E-state index contributed by atoms with van der Waals surface area (Å²) in [7, 11) is 3.95. The van der Waals surface area contributed by atoms with Crippen LogP contribution in [-0.4, -0.2) is 78.5 Å². The summed E-state index contributed by atoms with van der Waals surface area (Å²) in [6, 6.07) is -0.904. The van der Waals surface area contributed by atoms with Gasteiger partial charge in [-0.25, -0.2) is 9.59 Å². The number of fused-ring (bicyclic) bond motifs is 1. The van der Waals surface area contributed by atoms with Gasteiger partial charge in [-0.3, -0.25) is 4.90 Å². The molecule has 2 fully saturated rings. The molecule has 3 atom stereocenters. The molecule has 0 aromatic rings. The number of carboxylic acid groups (broad SMARTS) is 1. The minimum atomic E-state index is -0.976. The molecule has 1 aliphatic heterocycles. The third kappa shape index (κ3) is 4.14. The van der Waals surface area contributed by atoms with Crippen LogP contribution in [0.5, 0.6) is 0 Å². The lowest BCUT2D eigenvalue weighted by Crippen LogP contribution is -2.45. The Morgan fingerprint density at radius 1 is 1.30 bits per heavy atom. The van der Waals surface area contributed by atoms with Gasteiger partial charge in [-0.1, -0.05) is 0 Å². The lowest BCUT2D eigenvalue weighted by molar-refractivity contribution is -0.142. The Balaban J connectivity index is 1.98. The Labute approximate surface area is 137 Å². The average Bonchev–Trinajstić information content (AvgIpc) is 2.97. The maximum absolute atomic E-state index is 12.4. The van der Waals surface area contributed by atoms with Crippen molar-refractivity contribution in [2.24, 2.45) is 5.41 Å². The molecule has 2 rings (SSSR count). The number of hydrogen-bond donors (Lipinski definition) is 1. The zero-order valence-corrected chi connectivity index (χ0v) is 14.7. The fourth-order valence-electron chi connectivity index (χ4n) is 3.15. The molecule has 1 aliphatic carbocycles. The van der Waals surface area contributed by atoms with Gasteiger partial charge >= 0.3 is 12.1 Å². The second-order valence-electron chi connectivity index (χ2n) is 7.88. The van der Waals surface area contributed by atoms with Crippen LogP contribution in [-0.2, 0) is 14.3 Å². The largest absolute Gasteiger partial charge is 0.480 e. The van der Waals surface area contributed by atoms with Gasteiger partial charge in [0.25, 0.3) is 0 Å². The summed E-state index contributed by atoms with van der Waals surface area (Å²) in [4.78, 5) is 27.3. The number of amides is 1. The van der Waals surface area contributed by atoms with Crippen LogP contribution in [0.25, 0.3) is 0 Å². The van der Waals surface area contributed by atoms with E-state index in [1.54, 1.807) is 20.8 Å². The Bertz CT molecular complexity index is 474. The molecule has 3 unspecified atom stereocenters. The average molecular weight is 328 g/mol. The topological polar surface area (TPSA) is 79.3 Å². The molecule has 7 heteroatoms. The third-order valence-corrected chi connectivity index (χ3v) is 4.38. The van der Waals surface area contributed by atoms with Gasteiger partial charge in [0.05, 0.1) is 13.2 Å². The van der Waals surface area contributed by atoms with Crippen molar-refractivity contribution in [3.8, 4) is 0 Å². The predicted octanol–water partition coefficient (Wildman–Crippen LogP) is 1.42. The van der Waals surface area contributed by atoms with E-state index in [9.17, 15) is 14.7 Å². The maximum atomic E-state index is 12.4. The lowest BCUT2D eigenvalue weighted by Gasteiger charge is -2.28. The van der Waals surface area contributed by atoms with Crippen LogP contribution >= 0.6 is 0 Å². The van der Waals surface area contributed by atoms with Gasteiger partial charge in [-0.15, -0.1) is 0 Å². The second kappa shape index (κ2) is 6.28. The van der Waals surface area contributed by atoms with Gasteiger partial charge in [0.15, 0.2) is 0 Å². The fourth-order valence-corrected chi connectivity index (χ4v) is 3.15.